The van der Waals surface area contributed by atoms with Gasteiger partial charge in [0.15, 0.2) is 0 Å². The summed E-state index contributed by atoms with van der Waals surface area (Å²) in [6, 6.07) is 17.0. The molecule has 0 spiro atoms. The van der Waals surface area contributed by atoms with Crippen molar-refractivity contribution in [2.45, 2.75) is 56.8 Å². The smallest absolute Gasteiger partial charge is 0.349 e. The Morgan fingerprint density at radius 3 is 2.46 bits per heavy atom. The molecule has 0 saturated heterocycles. The lowest BCUT2D eigenvalue weighted by molar-refractivity contribution is 0.0602. The molecule has 1 heterocycles. The molecule has 0 amide bonds. The molecule has 188 valence electrons. The fourth-order valence-electron chi connectivity index (χ4n) is 3.73. The molecular formula is C27H33NO5S2. The first-order valence-corrected chi connectivity index (χ1v) is 14.3. The monoisotopic (exact) mass is 515 g/mol. The number of thiophene rings is 1. The fourth-order valence-corrected chi connectivity index (χ4v) is 6.14. The minimum atomic E-state index is -4.02. The first-order chi connectivity index (χ1) is 16.9. The van der Waals surface area contributed by atoms with Crippen LogP contribution in [0.5, 0.6) is 5.75 Å². The van der Waals surface area contributed by atoms with E-state index in [2.05, 4.69) is 11.6 Å². The molecule has 1 N–H and O–H groups in total. The molecule has 0 fully saturated rings. The lowest BCUT2D eigenvalue weighted by Gasteiger charge is -2.15. The molecule has 3 rings (SSSR count). The highest BCUT2D eigenvalue weighted by atomic mass is 32.2. The van der Waals surface area contributed by atoms with E-state index in [0.29, 0.717) is 24.5 Å². The minimum Gasteiger partial charge on any atom is -0.491 e. The zero-order valence-electron chi connectivity index (χ0n) is 20.3. The van der Waals surface area contributed by atoms with Crippen LogP contribution in [0.25, 0.3) is 0 Å². The first-order valence-electron chi connectivity index (χ1n) is 11.9. The predicted molar refractivity (Wildman–Crippen MR) is 141 cm³/mol. The van der Waals surface area contributed by atoms with Crippen LogP contribution >= 0.6 is 11.3 Å². The summed E-state index contributed by atoms with van der Waals surface area (Å²) in [5, 5.41) is 1.56. The number of carbonyl (C=O) groups is 1. The second-order valence-electron chi connectivity index (χ2n) is 8.29. The van der Waals surface area contributed by atoms with Crippen LogP contribution in [0.3, 0.4) is 0 Å². The highest BCUT2D eigenvalue weighted by Gasteiger charge is 2.25. The first kappa shape index (κ1) is 26.8. The summed E-state index contributed by atoms with van der Waals surface area (Å²) in [6.07, 6.45) is 7.51. The number of unbranched alkanes of at least 4 members (excludes halogenated alkanes) is 4. The molecule has 0 aliphatic rings. The van der Waals surface area contributed by atoms with Gasteiger partial charge in [0.2, 0.25) is 0 Å². The van der Waals surface area contributed by atoms with Crippen LogP contribution in [0.15, 0.2) is 64.9 Å². The van der Waals surface area contributed by atoms with Crippen molar-refractivity contribution in [1.82, 2.24) is 0 Å². The molecule has 35 heavy (non-hydrogen) atoms. The van der Waals surface area contributed by atoms with Crippen LogP contribution in [-0.2, 0) is 27.6 Å². The van der Waals surface area contributed by atoms with Gasteiger partial charge < -0.3 is 9.47 Å². The van der Waals surface area contributed by atoms with Crippen molar-refractivity contribution in [2.24, 2.45) is 0 Å². The molecule has 0 unspecified atom stereocenters. The van der Waals surface area contributed by atoms with Crippen molar-refractivity contribution in [3.05, 3.63) is 76.0 Å². The third-order valence-electron chi connectivity index (χ3n) is 5.64. The van der Waals surface area contributed by atoms with Gasteiger partial charge in [-0.2, -0.15) is 0 Å². The van der Waals surface area contributed by atoms with Crippen molar-refractivity contribution in [1.29, 1.82) is 0 Å². The van der Waals surface area contributed by atoms with Crippen molar-refractivity contribution in [2.75, 3.05) is 18.4 Å². The van der Waals surface area contributed by atoms with Crippen LogP contribution in [0.4, 0.5) is 5.69 Å². The molecule has 3 aromatic rings. The Bertz CT molecular complexity index is 1190. The number of hydrogen-bond acceptors (Lipinski definition) is 6. The van der Waals surface area contributed by atoms with Gasteiger partial charge >= 0.3 is 5.97 Å². The van der Waals surface area contributed by atoms with Gasteiger partial charge in [-0.15, -0.1) is 11.3 Å². The maximum atomic E-state index is 13.1. The summed E-state index contributed by atoms with van der Waals surface area (Å²) < 4.78 is 39.7. The van der Waals surface area contributed by atoms with Gasteiger partial charge in [0.05, 0.1) is 19.4 Å². The highest BCUT2D eigenvalue weighted by Crippen LogP contribution is 2.31. The molecule has 0 saturated carbocycles. The van der Waals surface area contributed by atoms with Crippen molar-refractivity contribution in [3.63, 3.8) is 0 Å². The minimum absolute atomic E-state index is 0.0373. The van der Waals surface area contributed by atoms with E-state index in [4.69, 9.17) is 9.47 Å². The fraction of sp³-hybridized carbons (Fsp3) is 0.370. The summed E-state index contributed by atoms with van der Waals surface area (Å²) in [5.41, 5.74) is 2.59. The molecule has 1 aromatic heterocycles. The number of methoxy groups -OCH3 is 1. The summed E-state index contributed by atoms with van der Waals surface area (Å²) in [5.74, 6) is -0.205. The normalized spacial score (nSPS) is 11.3. The standard InChI is InChI=1S/C27H33NO5S2/c1-3-4-5-6-8-13-22-14-15-23(24(20-22)33-18-16-21-11-9-7-10-12-21)28-35(30,31)25-17-19-34-26(25)27(29)32-2/h7,9-12,14-15,17,19-20,28H,3-6,8,13,16,18H2,1-2H3. The largest absolute Gasteiger partial charge is 0.491 e. The number of anilines is 1. The number of sulfonamides is 1. The SMILES string of the molecule is CCCCCCCc1ccc(NS(=O)(=O)c2ccsc2C(=O)OC)c(OCCc2ccccc2)c1. The van der Waals surface area contributed by atoms with E-state index in [1.165, 1.54) is 38.9 Å². The Balaban J connectivity index is 1.78. The van der Waals surface area contributed by atoms with E-state index < -0.39 is 16.0 Å². The number of esters is 1. The Labute approximate surface area is 212 Å². The third-order valence-corrected chi connectivity index (χ3v) is 8.07. The summed E-state index contributed by atoms with van der Waals surface area (Å²) in [6.45, 7) is 2.60. The molecule has 0 aliphatic heterocycles. The van der Waals surface area contributed by atoms with E-state index in [9.17, 15) is 13.2 Å². The van der Waals surface area contributed by atoms with E-state index in [0.717, 1.165) is 35.3 Å². The maximum absolute atomic E-state index is 13.1. The van der Waals surface area contributed by atoms with Gasteiger partial charge in [0.1, 0.15) is 15.5 Å². The number of hydrogen-bond donors (Lipinski definition) is 1. The van der Waals surface area contributed by atoms with Crippen molar-refractivity contribution >= 4 is 33.0 Å². The van der Waals surface area contributed by atoms with Gasteiger partial charge in [-0.1, -0.05) is 69.0 Å². The summed E-state index contributed by atoms with van der Waals surface area (Å²) >= 11 is 1.03. The third kappa shape index (κ3) is 7.83. The zero-order valence-corrected chi connectivity index (χ0v) is 21.9. The Morgan fingerprint density at radius 2 is 1.71 bits per heavy atom. The van der Waals surface area contributed by atoms with E-state index in [1.807, 2.05) is 42.5 Å². The second kappa shape index (κ2) is 13.3. The second-order valence-corrected chi connectivity index (χ2v) is 10.9. The average molecular weight is 516 g/mol. The molecule has 0 bridgehead atoms. The Hall–Kier alpha value is -2.84. The van der Waals surface area contributed by atoms with Crippen LogP contribution < -0.4 is 9.46 Å². The van der Waals surface area contributed by atoms with E-state index >= 15 is 0 Å². The number of benzene rings is 2. The molecule has 0 aliphatic carbocycles. The zero-order chi connectivity index (χ0) is 25.1. The quantitative estimate of drug-likeness (QED) is 0.197. The molecular weight excluding hydrogens is 482 g/mol. The van der Waals surface area contributed by atoms with Crippen LogP contribution in [0.1, 0.15) is 59.8 Å². The highest BCUT2D eigenvalue weighted by molar-refractivity contribution is 7.93. The molecule has 8 heteroatoms. The van der Waals surface area contributed by atoms with E-state index in [1.54, 1.807) is 11.4 Å². The molecule has 0 atom stereocenters. The van der Waals surface area contributed by atoms with Crippen molar-refractivity contribution in [3.8, 4) is 5.75 Å². The van der Waals surface area contributed by atoms with Crippen LogP contribution in [0, 0.1) is 0 Å². The molecule has 6 nitrogen and oxygen atoms in total. The topological polar surface area (TPSA) is 81.7 Å². The van der Waals surface area contributed by atoms with Crippen molar-refractivity contribution < 1.29 is 22.7 Å². The predicted octanol–water partition coefficient (Wildman–Crippen LogP) is 6.47. The molecule has 0 radical (unpaired) electrons. The van der Waals surface area contributed by atoms with Gasteiger partial charge in [-0.25, -0.2) is 13.2 Å². The van der Waals surface area contributed by atoms with E-state index in [-0.39, 0.29) is 9.77 Å². The lowest BCUT2D eigenvalue weighted by Crippen LogP contribution is -2.16. The number of nitrogens with one attached hydrogen (secondary N) is 1. The number of rotatable bonds is 14. The van der Waals surface area contributed by atoms with Gasteiger partial charge in [-0.05, 0) is 47.5 Å². The van der Waals surface area contributed by atoms with Gasteiger partial charge in [-0.3, -0.25) is 4.72 Å². The Kier molecular flexibility index (Phi) is 10.2. The number of aryl methyl sites for hydroxylation is 1. The van der Waals surface area contributed by atoms with Gasteiger partial charge in [0.25, 0.3) is 10.0 Å². The lowest BCUT2D eigenvalue weighted by atomic mass is 10.0. The summed E-state index contributed by atoms with van der Waals surface area (Å²) in [4.78, 5) is 11.9. The summed E-state index contributed by atoms with van der Waals surface area (Å²) in [7, 11) is -2.79. The van der Waals surface area contributed by atoms with Crippen LogP contribution in [0.2, 0.25) is 0 Å². The Morgan fingerprint density at radius 1 is 0.943 bits per heavy atom. The van der Waals surface area contributed by atoms with Crippen LogP contribution in [-0.4, -0.2) is 28.1 Å². The number of carbonyl (C=O) groups excluding carboxylic acids is 1. The average Bonchev–Trinajstić information content (AvgIpc) is 3.37. The molecule has 2 aromatic carbocycles. The number of ether oxygens (including phenoxy) is 2. The van der Waals surface area contributed by atoms with Gasteiger partial charge in [0, 0.05) is 6.42 Å². The maximum Gasteiger partial charge on any atom is 0.349 e.